The molecule has 1 aliphatic heterocycles. The van der Waals surface area contributed by atoms with Crippen LogP contribution in [0, 0.1) is 0 Å². The molecule has 1 unspecified atom stereocenters. The zero-order valence-corrected chi connectivity index (χ0v) is 10.3. The van der Waals surface area contributed by atoms with E-state index < -0.39 is 18.4 Å². The van der Waals surface area contributed by atoms with Crippen molar-refractivity contribution in [2.75, 3.05) is 5.75 Å². The predicted octanol–water partition coefficient (Wildman–Crippen LogP) is 2.71. The van der Waals surface area contributed by atoms with E-state index in [9.17, 15) is 8.42 Å². The van der Waals surface area contributed by atoms with Gasteiger partial charge >= 0.3 is 0 Å². The van der Waals surface area contributed by atoms with Crippen LogP contribution in [0.25, 0.3) is 0 Å². The zero-order chi connectivity index (χ0) is 10.3. The predicted molar refractivity (Wildman–Crippen MR) is 56.3 cm³/mol. The van der Waals surface area contributed by atoms with Crippen LogP contribution in [0.15, 0.2) is 0 Å². The van der Waals surface area contributed by atoms with Crippen LogP contribution in [-0.2, 0) is 9.84 Å². The van der Waals surface area contributed by atoms with E-state index in [1.54, 1.807) is 6.92 Å². The molecule has 0 aliphatic carbocycles. The van der Waals surface area contributed by atoms with E-state index in [1.165, 1.54) is 0 Å². The van der Waals surface area contributed by atoms with Gasteiger partial charge in [-0.1, -0.05) is 34.8 Å². The summed E-state index contributed by atoms with van der Waals surface area (Å²) in [6.45, 7) is 1.65. The molecule has 0 radical (unpaired) electrons. The van der Waals surface area contributed by atoms with Crippen LogP contribution in [0.3, 0.4) is 0 Å². The third kappa shape index (κ3) is 2.65. The van der Waals surface area contributed by atoms with Crippen molar-refractivity contribution in [3.63, 3.8) is 0 Å². The van der Waals surface area contributed by atoms with Crippen molar-refractivity contribution in [2.24, 2.45) is 0 Å². The first-order chi connectivity index (χ1) is 5.66. The molecule has 0 aromatic carbocycles. The van der Waals surface area contributed by atoms with E-state index in [0.717, 1.165) is 0 Å². The molecule has 0 bridgehead atoms. The van der Waals surface area contributed by atoms with Gasteiger partial charge in [0.25, 0.3) is 0 Å². The van der Waals surface area contributed by atoms with Gasteiger partial charge in [-0.15, -0.1) is 0 Å². The molecule has 0 aromatic rings. The van der Waals surface area contributed by atoms with Crippen LogP contribution < -0.4 is 0 Å². The van der Waals surface area contributed by atoms with Crippen molar-refractivity contribution in [3.8, 4) is 0 Å². The lowest BCUT2D eigenvalue weighted by Gasteiger charge is -2.26. The molecular weight excluding hydrogens is 255 g/mol. The number of rotatable bonds is 1. The fourth-order valence-electron chi connectivity index (χ4n) is 1.66. The quantitative estimate of drug-likeness (QED) is 0.683. The molecular formula is C7H11Cl3O2S. The molecule has 1 saturated heterocycles. The van der Waals surface area contributed by atoms with E-state index in [4.69, 9.17) is 34.8 Å². The van der Waals surface area contributed by atoms with Crippen LogP contribution in [0.4, 0.5) is 0 Å². The van der Waals surface area contributed by atoms with E-state index in [2.05, 4.69) is 0 Å². The average Bonchev–Trinajstić information content (AvgIpc) is 2.02. The largest absolute Gasteiger partial charge is 0.228 e. The molecule has 1 atom stereocenters. The Labute approximate surface area is 93.5 Å². The molecule has 78 valence electrons. The molecule has 0 saturated carbocycles. The smallest absolute Gasteiger partial charge is 0.192 e. The topological polar surface area (TPSA) is 34.1 Å². The number of alkyl halides is 3. The Morgan fingerprint density at radius 2 is 1.92 bits per heavy atom. The fraction of sp³-hybridized carbons (Fsp3) is 1.00. The van der Waals surface area contributed by atoms with Crippen LogP contribution in [0.1, 0.15) is 26.2 Å². The maximum absolute atomic E-state index is 11.6. The van der Waals surface area contributed by atoms with Crippen molar-refractivity contribution in [3.05, 3.63) is 0 Å². The van der Waals surface area contributed by atoms with Crippen molar-refractivity contribution in [1.82, 2.24) is 0 Å². The van der Waals surface area contributed by atoms with E-state index in [-0.39, 0.29) is 12.2 Å². The van der Waals surface area contributed by atoms with Gasteiger partial charge < -0.3 is 0 Å². The number of sulfone groups is 1. The first-order valence-electron chi connectivity index (χ1n) is 3.95. The summed E-state index contributed by atoms with van der Waals surface area (Å²) in [5, 5.41) is 0. The second-order valence-electron chi connectivity index (χ2n) is 3.66. The normalized spacial score (nSPS) is 33.5. The van der Waals surface area contributed by atoms with E-state index in [0.29, 0.717) is 12.8 Å². The molecule has 1 heterocycles. The Bertz CT molecular complexity index is 293. The maximum Gasteiger partial charge on any atom is 0.192 e. The van der Waals surface area contributed by atoms with Gasteiger partial charge in [-0.25, -0.2) is 8.42 Å². The SMILES string of the molecule is CC1(CC(Cl)(Cl)Cl)CCCS1(=O)=O. The number of hydrogen-bond acceptors (Lipinski definition) is 2. The number of halogens is 3. The van der Waals surface area contributed by atoms with Gasteiger partial charge in [0.15, 0.2) is 13.6 Å². The second kappa shape index (κ2) is 3.44. The Balaban J connectivity index is 2.89. The van der Waals surface area contributed by atoms with Crippen LogP contribution in [-0.4, -0.2) is 22.7 Å². The van der Waals surface area contributed by atoms with Crippen molar-refractivity contribution in [1.29, 1.82) is 0 Å². The van der Waals surface area contributed by atoms with Gasteiger partial charge in [-0.3, -0.25) is 0 Å². The molecule has 1 fully saturated rings. The third-order valence-corrected chi connectivity index (χ3v) is 5.52. The highest BCUT2D eigenvalue weighted by atomic mass is 35.6. The lowest BCUT2D eigenvalue weighted by Crippen LogP contribution is -2.35. The Morgan fingerprint density at radius 3 is 2.23 bits per heavy atom. The lowest BCUT2D eigenvalue weighted by atomic mass is 10.0. The summed E-state index contributed by atoms with van der Waals surface area (Å²) in [5.74, 6) is 0.213. The highest BCUT2D eigenvalue weighted by molar-refractivity contribution is 7.93. The summed E-state index contributed by atoms with van der Waals surface area (Å²) in [6.07, 6.45) is 1.33. The lowest BCUT2D eigenvalue weighted by molar-refractivity contribution is 0.513. The minimum Gasteiger partial charge on any atom is -0.228 e. The molecule has 0 spiro atoms. The minimum absolute atomic E-state index is 0.0764. The molecule has 13 heavy (non-hydrogen) atoms. The van der Waals surface area contributed by atoms with Crippen LogP contribution in [0.5, 0.6) is 0 Å². The molecule has 1 aliphatic rings. The highest BCUT2D eigenvalue weighted by Crippen LogP contribution is 2.44. The van der Waals surface area contributed by atoms with Gasteiger partial charge in [0.1, 0.15) is 0 Å². The first-order valence-corrected chi connectivity index (χ1v) is 6.74. The molecule has 6 heteroatoms. The van der Waals surface area contributed by atoms with Gasteiger partial charge in [-0.05, 0) is 19.8 Å². The second-order valence-corrected chi connectivity index (χ2v) is 8.80. The zero-order valence-electron chi connectivity index (χ0n) is 7.19. The molecule has 0 amide bonds. The van der Waals surface area contributed by atoms with Crippen molar-refractivity contribution < 1.29 is 8.42 Å². The molecule has 0 N–H and O–H groups in total. The third-order valence-electron chi connectivity index (χ3n) is 2.44. The van der Waals surface area contributed by atoms with Crippen LogP contribution in [0.2, 0.25) is 0 Å². The monoisotopic (exact) mass is 264 g/mol. The van der Waals surface area contributed by atoms with E-state index >= 15 is 0 Å². The Morgan fingerprint density at radius 1 is 1.38 bits per heavy atom. The molecule has 1 rings (SSSR count). The van der Waals surface area contributed by atoms with Gasteiger partial charge in [0.2, 0.25) is 0 Å². The Kier molecular flexibility index (Phi) is 3.15. The molecule has 2 nitrogen and oxygen atoms in total. The highest BCUT2D eigenvalue weighted by Gasteiger charge is 2.47. The summed E-state index contributed by atoms with van der Waals surface area (Å²) in [7, 11) is -3.07. The molecule has 0 aromatic heterocycles. The van der Waals surface area contributed by atoms with Crippen molar-refractivity contribution >= 4 is 44.6 Å². The fourth-order valence-corrected chi connectivity index (χ4v) is 4.69. The summed E-state index contributed by atoms with van der Waals surface area (Å²) in [6, 6.07) is 0. The van der Waals surface area contributed by atoms with Gasteiger partial charge in [0, 0.05) is 6.42 Å². The standard InChI is InChI=1S/C7H11Cl3O2S/c1-6(5-7(8,9)10)3-2-4-13(6,11)12/h2-5H2,1H3. The average molecular weight is 266 g/mol. The van der Waals surface area contributed by atoms with E-state index in [1.807, 2.05) is 0 Å². The summed E-state index contributed by atoms with van der Waals surface area (Å²) in [4.78, 5) is 0. The van der Waals surface area contributed by atoms with Gasteiger partial charge in [0.05, 0.1) is 10.5 Å². The van der Waals surface area contributed by atoms with Crippen molar-refractivity contribution in [2.45, 2.75) is 34.7 Å². The van der Waals surface area contributed by atoms with Gasteiger partial charge in [-0.2, -0.15) is 0 Å². The maximum atomic E-state index is 11.6. The minimum atomic E-state index is -3.07. The summed E-state index contributed by atoms with van der Waals surface area (Å²) in [5.41, 5.74) is 0. The first kappa shape index (κ1) is 11.9. The summed E-state index contributed by atoms with van der Waals surface area (Å²) < 4.78 is 20.8. The summed E-state index contributed by atoms with van der Waals surface area (Å²) >= 11 is 16.8. The van der Waals surface area contributed by atoms with Crippen LogP contribution >= 0.6 is 34.8 Å². The Hall–Kier alpha value is 0.820. The number of hydrogen-bond donors (Lipinski definition) is 0.